The van der Waals surface area contributed by atoms with Gasteiger partial charge < -0.3 is 9.47 Å². The number of nitrogens with zero attached hydrogens (tertiary/aromatic N) is 1. The number of ether oxygens (including phenoxy) is 2. The number of rotatable bonds is 12. The van der Waals surface area contributed by atoms with Crippen molar-refractivity contribution in [3.05, 3.63) is 12.2 Å². The number of hydrogen-bond acceptors (Lipinski definition) is 5. The Bertz CT molecular complexity index is 430. The Labute approximate surface area is 156 Å². The standard InChI is InChI=1S/C19H33NO4S/c1-3-4-11-23-14-16-15(17-8-9-18(16)24-17)10-13-25-12-6-5-7-19(21)20(2)22/h3-4,15-18,22H,5-14H2,1-2H3. The third kappa shape index (κ3) is 6.59. The fraction of sp³-hybridized carbons (Fsp3) is 0.842. The summed E-state index contributed by atoms with van der Waals surface area (Å²) in [5.41, 5.74) is 0. The van der Waals surface area contributed by atoms with Crippen LogP contribution in [0.25, 0.3) is 0 Å². The second-order valence-corrected chi connectivity index (χ2v) is 8.22. The van der Waals surface area contributed by atoms with E-state index in [1.807, 2.05) is 24.8 Å². The molecule has 0 saturated carbocycles. The highest BCUT2D eigenvalue weighted by Gasteiger charge is 2.48. The van der Waals surface area contributed by atoms with E-state index in [-0.39, 0.29) is 5.91 Å². The van der Waals surface area contributed by atoms with Crippen LogP contribution in [0.15, 0.2) is 12.2 Å². The highest BCUT2D eigenvalue weighted by atomic mass is 32.2. The number of carbonyl (C=O) groups is 1. The molecule has 0 spiro atoms. The fourth-order valence-electron chi connectivity index (χ4n) is 3.83. The summed E-state index contributed by atoms with van der Waals surface area (Å²) in [4.78, 5) is 11.3. The van der Waals surface area contributed by atoms with E-state index in [9.17, 15) is 4.79 Å². The summed E-state index contributed by atoms with van der Waals surface area (Å²) in [6.07, 6.45) is 10.8. The molecule has 1 amide bonds. The summed E-state index contributed by atoms with van der Waals surface area (Å²) in [6, 6.07) is 0. The summed E-state index contributed by atoms with van der Waals surface area (Å²) >= 11 is 1.97. The number of amides is 1. The highest BCUT2D eigenvalue weighted by Crippen LogP contribution is 2.45. The normalized spacial score (nSPS) is 28.1. The Hall–Kier alpha value is -0.560. The van der Waals surface area contributed by atoms with Crippen molar-refractivity contribution in [2.45, 2.75) is 57.7 Å². The molecule has 4 unspecified atom stereocenters. The van der Waals surface area contributed by atoms with Gasteiger partial charge >= 0.3 is 0 Å². The van der Waals surface area contributed by atoms with Gasteiger partial charge in [-0.3, -0.25) is 10.0 Å². The Morgan fingerprint density at radius 1 is 1.28 bits per heavy atom. The zero-order valence-electron chi connectivity index (χ0n) is 15.6. The molecule has 25 heavy (non-hydrogen) atoms. The first-order chi connectivity index (χ1) is 12.1. The average Bonchev–Trinajstić information content (AvgIpc) is 3.19. The van der Waals surface area contributed by atoms with E-state index in [1.165, 1.54) is 26.3 Å². The van der Waals surface area contributed by atoms with Gasteiger partial charge in [0, 0.05) is 19.4 Å². The molecule has 0 aliphatic carbocycles. The molecule has 2 rings (SSSR count). The van der Waals surface area contributed by atoms with Crippen molar-refractivity contribution in [1.82, 2.24) is 5.06 Å². The lowest BCUT2D eigenvalue weighted by atomic mass is 9.78. The molecule has 0 radical (unpaired) electrons. The number of allylic oxidation sites excluding steroid dienone is 1. The van der Waals surface area contributed by atoms with Crippen LogP contribution in [-0.4, -0.2) is 60.2 Å². The first-order valence-corrected chi connectivity index (χ1v) is 10.7. The smallest absolute Gasteiger partial charge is 0.245 e. The number of thioether (sulfide) groups is 1. The van der Waals surface area contributed by atoms with Crippen LogP contribution in [0.2, 0.25) is 0 Å². The van der Waals surface area contributed by atoms with Crippen LogP contribution in [0.3, 0.4) is 0 Å². The Morgan fingerprint density at radius 2 is 2.04 bits per heavy atom. The minimum Gasteiger partial charge on any atom is -0.377 e. The minimum absolute atomic E-state index is 0.204. The van der Waals surface area contributed by atoms with E-state index in [0.29, 0.717) is 42.1 Å². The van der Waals surface area contributed by atoms with E-state index in [0.717, 1.165) is 31.0 Å². The van der Waals surface area contributed by atoms with E-state index in [1.54, 1.807) is 0 Å². The largest absolute Gasteiger partial charge is 0.377 e. The molecule has 144 valence electrons. The van der Waals surface area contributed by atoms with Crippen molar-refractivity contribution >= 4 is 17.7 Å². The molecule has 0 aromatic carbocycles. The minimum atomic E-state index is -0.204. The van der Waals surface area contributed by atoms with Crippen LogP contribution in [0.4, 0.5) is 0 Å². The Morgan fingerprint density at radius 3 is 2.76 bits per heavy atom. The molecule has 1 N–H and O–H groups in total. The Balaban J connectivity index is 1.58. The van der Waals surface area contributed by atoms with Crippen LogP contribution in [-0.2, 0) is 14.3 Å². The first kappa shape index (κ1) is 20.7. The predicted octanol–water partition coefficient (Wildman–Crippen LogP) is 3.51. The lowest BCUT2D eigenvalue weighted by molar-refractivity contribution is -0.159. The Kier molecular flexibility index (Phi) is 9.31. The third-order valence-electron chi connectivity index (χ3n) is 5.24. The molecular formula is C19H33NO4S. The van der Waals surface area contributed by atoms with Gasteiger partial charge in [0.05, 0.1) is 25.4 Å². The molecule has 2 bridgehead atoms. The fourth-order valence-corrected chi connectivity index (χ4v) is 4.88. The summed E-state index contributed by atoms with van der Waals surface area (Å²) in [5.74, 6) is 3.22. The van der Waals surface area contributed by atoms with Gasteiger partial charge in [-0.1, -0.05) is 12.2 Å². The maximum Gasteiger partial charge on any atom is 0.245 e. The van der Waals surface area contributed by atoms with Crippen LogP contribution < -0.4 is 0 Å². The van der Waals surface area contributed by atoms with Crippen molar-refractivity contribution < 1.29 is 19.5 Å². The molecule has 2 fully saturated rings. The van der Waals surface area contributed by atoms with E-state index in [4.69, 9.17) is 14.7 Å². The van der Waals surface area contributed by atoms with Gasteiger partial charge in [0.25, 0.3) is 0 Å². The maximum atomic E-state index is 11.3. The zero-order chi connectivity index (χ0) is 18.1. The second kappa shape index (κ2) is 11.2. The van der Waals surface area contributed by atoms with Gasteiger partial charge in [0.2, 0.25) is 5.91 Å². The molecule has 2 aliphatic rings. The zero-order valence-corrected chi connectivity index (χ0v) is 16.4. The van der Waals surface area contributed by atoms with Crippen molar-refractivity contribution in [1.29, 1.82) is 0 Å². The van der Waals surface area contributed by atoms with Crippen molar-refractivity contribution in [3.63, 3.8) is 0 Å². The molecule has 2 heterocycles. The van der Waals surface area contributed by atoms with Gasteiger partial charge in [-0.2, -0.15) is 11.8 Å². The number of hydroxylamine groups is 2. The summed E-state index contributed by atoms with van der Waals surface area (Å²) in [7, 11) is 1.38. The lowest BCUT2D eigenvalue weighted by Gasteiger charge is -2.27. The van der Waals surface area contributed by atoms with E-state index < -0.39 is 0 Å². The quantitative estimate of drug-likeness (QED) is 0.246. The first-order valence-electron chi connectivity index (χ1n) is 9.51. The van der Waals surface area contributed by atoms with Gasteiger partial charge in [-0.15, -0.1) is 0 Å². The number of hydrogen-bond donors (Lipinski definition) is 1. The molecular weight excluding hydrogens is 338 g/mol. The third-order valence-corrected chi connectivity index (χ3v) is 6.34. The molecule has 6 heteroatoms. The molecule has 2 saturated heterocycles. The topological polar surface area (TPSA) is 59.0 Å². The lowest BCUT2D eigenvalue weighted by Crippen LogP contribution is -2.31. The van der Waals surface area contributed by atoms with Gasteiger partial charge in [0.1, 0.15) is 0 Å². The molecule has 4 atom stereocenters. The SMILES string of the molecule is CC=CCOCC1C2CCC(O2)C1CCSCCCCC(=O)N(C)O. The average molecular weight is 372 g/mol. The van der Waals surface area contributed by atoms with Crippen LogP contribution >= 0.6 is 11.8 Å². The number of unbranched alkanes of at least 4 members (excludes halogenated alkanes) is 1. The monoisotopic (exact) mass is 371 g/mol. The van der Waals surface area contributed by atoms with Crippen LogP contribution in [0.1, 0.15) is 45.4 Å². The summed E-state index contributed by atoms with van der Waals surface area (Å²) in [5, 5.41) is 9.69. The molecule has 2 aliphatic heterocycles. The van der Waals surface area contributed by atoms with Crippen LogP contribution in [0, 0.1) is 11.8 Å². The van der Waals surface area contributed by atoms with Crippen molar-refractivity contribution in [3.8, 4) is 0 Å². The number of carbonyl (C=O) groups excluding carboxylic acids is 1. The molecule has 5 nitrogen and oxygen atoms in total. The maximum absolute atomic E-state index is 11.3. The van der Waals surface area contributed by atoms with Crippen LogP contribution in [0.5, 0.6) is 0 Å². The second-order valence-electron chi connectivity index (χ2n) is 7.00. The van der Waals surface area contributed by atoms with E-state index in [2.05, 4.69) is 6.08 Å². The molecule has 0 aromatic heterocycles. The molecule has 0 aromatic rings. The van der Waals surface area contributed by atoms with Crippen molar-refractivity contribution in [2.24, 2.45) is 11.8 Å². The summed E-state index contributed by atoms with van der Waals surface area (Å²) in [6.45, 7) is 3.53. The van der Waals surface area contributed by atoms with Gasteiger partial charge in [-0.25, -0.2) is 5.06 Å². The van der Waals surface area contributed by atoms with Crippen molar-refractivity contribution in [2.75, 3.05) is 31.8 Å². The van der Waals surface area contributed by atoms with Gasteiger partial charge in [0.15, 0.2) is 0 Å². The number of fused-ring (bicyclic) bond motifs is 2. The van der Waals surface area contributed by atoms with Gasteiger partial charge in [-0.05, 0) is 56.5 Å². The van der Waals surface area contributed by atoms with E-state index >= 15 is 0 Å². The predicted molar refractivity (Wildman–Crippen MR) is 101 cm³/mol. The highest BCUT2D eigenvalue weighted by molar-refractivity contribution is 7.99. The summed E-state index contributed by atoms with van der Waals surface area (Å²) < 4.78 is 11.9.